The first-order valence-corrected chi connectivity index (χ1v) is 11.7. The van der Waals surface area contributed by atoms with Crippen LogP contribution >= 0.6 is 0 Å². The van der Waals surface area contributed by atoms with Gasteiger partial charge in [0, 0.05) is 18.6 Å². The van der Waals surface area contributed by atoms with E-state index in [-0.39, 0.29) is 29.4 Å². The first-order chi connectivity index (χ1) is 13.7. The maximum atomic E-state index is 13.0. The molecule has 7 nitrogen and oxygen atoms in total. The number of hydrogen-bond acceptors (Lipinski definition) is 5. The average molecular weight is 425 g/mol. The fourth-order valence-corrected chi connectivity index (χ4v) is 6.16. The molecule has 162 valence electrons. The quantitative estimate of drug-likeness (QED) is 0.621. The average Bonchev–Trinajstić information content (AvgIpc) is 2.69. The molecule has 3 N–H and O–H groups in total. The number of sulfonamides is 1. The number of carbonyl (C=O) groups excluding carboxylic acids is 1. The predicted octanol–water partition coefficient (Wildman–Crippen LogP) is 2.06. The topological polar surface area (TPSA) is 105 Å². The molecule has 2 fully saturated rings. The first kappa shape index (κ1) is 22.1. The third kappa shape index (κ3) is 4.92. The van der Waals surface area contributed by atoms with Crippen molar-refractivity contribution in [3.05, 3.63) is 24.3 Å². The minimum atomic E-state index is -3.88. The molecule has 8 heteroatoms. The largest absolute Gasteiger partial charge is 0.497 e. The van der Waals surface area contributed by atoms with Crippen LogP contribution in [0, 0.1) is 17.8 Å². The van der Waals surface area contributed by atoms with E-state index >= 15 is 0 Å². The summed E-state index contributed by atoms with van der Waals surface area (Å²) in [6.45, 7) is 3.16. The van der Waals surface area contributed by atoms with E-state index in [1.807, 2.05) is 0 Å². The van der Waals surface area contributed by atoms with E-state index in [2.05, 4.69) is 10.0 Å². The van der Waals surface area contributed by atoms with E-state index < -0.39 is 15.6 Å². The zero-order valence-corrected chi connectivity index (χ0v) is 18.2. The Morgan fingerprint density at radius 3 is 2.52 bits per heavy atom. The van der Waals surface area contributed by atoms with Gasteiger partial charge in [-0.15, -0.1) is 0 Å². The number of rotatable bonds is 7. The van der Waals surface area contributed by atoms with Crippen LogP contribution in [0.1, 0.15) is 46.0 Å². The van der Waals surface area contributed by atoms with E-state index in [1.54, 1.807) is 26.0 Å². The number of nitrogens with one attached hydrogen (secondary N) is 2. The third-order valence-electron chi connectivity index (χ3n) is 6.33. The molecule has 0 spiro atoms. The molecule has 1 aromatic rings. The molecular weight excluding hydrogens is 392 g/mol. The highest BCUT2D eigenvalue weighted by molar-refractivity contribution is 7.89. The van der Waals surface area contributed by atoms with Crippen molar-refractivity contribution in [3.63, 3.8) is 0 Å². The lowest BCUT2D eigenvalue weighted by Crippen LogP contribution is -2.60. The van der Waals surface area contributed by atoms with Crippen molar-refractivity contribution in [3.8, 4) is 5.75 Å². The van der Waals surface area contributed by atoms with E-state index in [0.29, 0.717) is 17.6 Å². The van der Waals surface area contributed by atoms with Gasteiger partial charge in [-0.05, 0) is 69.2 Å². The molecule has 0 aromatic heterocycles. The van der Waals surface area contributed by atoms with Crippen molar-refractivity contribution < 1.29 is 23.1 Å². The number of hydrogen-bond donors (Lipinski definition) is 3. The summed E-state index contributed by atoms with van der Waals surface area (Å²) in [6, 6.07) is 5.90. The number of ether oxygens (including phenoxy) is 1. The van der Waals surface area contributed by atoms with Gasteiger partial charge in [0.05, 0.1) is 12.0 Å². The monoisotopic (exact) mass is 424 g/mol. The van der Waals surface area contributed by atoms with Gasteiger partial charge < -0.3 is 15.2 Å². The van der Waals surface area contributed by atoms with E-state index in [9.17, 15) is 18.3 Å². The summed E-state index contributed by atoms with van der Waals surface area (Å²) in [5, 5.41) is 12.9. The fraction of sp³-hybridized carbons (Fsp3) is 0.667. The molecule has 0 saturated heterocycles. The Morgan fingerprint density at radius 2 is 1.90 bits per heavy atom. The first-order valence-electron chi connectivity index (χ1n) is 10.3. The highest BCUT2D eigenvalue weighted by Crippen LogP contribution is 2.42. The van der Waals surface area contributed by atoms with Gasteiger partial charge >= 0.3 is 0 Å². The number of aliphatic hydroxyl groups excluding tert-OH is 1. The van der Waals surface area contributed by atoms with Gasteiger partial charge in [-0.3, -0.25) is 4.79 Å². The Hall–Kier alpha value is -1.64. The second kappa shape index (κ2) is 8.62. The summed E-state index contributed by atoms with van der Waals surface area (Å²) >= 11 is 0. The molecule has 2 saturated carbocycles. The van der Waals surface area contributed by atoms with E-state index in [1.165, 1.54) is 25.7 Å². The summed E-state index contributed by atoms with van der Waals surface area (Å²) < 4.78 is 33.1. The summed E-state index contributed by atoms with van der Waals surface area (Å²) in [6.07, 6.45) is 5.36. The molecule has 1 aromatic carbocycles. The molecule has 2 unspecified atom stereocenters. The molecule has 0 aliphatic heterocycles. The Morgan fingerprint density at radius 1 is 1.21 bits per heavy atom. The van der Waals surface area contributed by atoms with Crippen LogP contribution in [0.25, 0.3) is 0 Å². The number of aliphatic hydroxyl groups is 1. The van der Waals surface area contributed by atoms with Gasteiger partial charge in [0.25, 0.3) is 0 Å². The third-order valence-corrected chi connectivity index (χ3v) is 8.01. The lowest BCUT2D eigenvalue weighted by molar-refractivity contribution is -0.128. The minimum Gasteiger partial charge on any atom is -0.497 e. The van der Waals surface area contributed by atoms with Gasteiger partial charge in [0.15, 0.2) is 0 Å². The molecule has 1 amide bonds. The number of fused-ring (bicyclic) bond motifs is 2. The van der Waals surface area contributed by atoms with E-state index in [4.69, 9.17) is 4.74 Å². The second-order valence-electron chi connectivity index (χ2n) is 8.88. The molecule has 2 aliphatic carbocycles. The van der Waals surface area contributed by atoms with Crippen LogP contribution in [0.4, 0.5) is 0 Å². The molecule has 3 rings (SSSR count). The van der Waals surface area contributed by atoms with Crippen LogP contribution in [0.2, 0.25) is 0 Å². The zero-order chi connectivity index (χ0) is 21.2. The fourth-order valence-electron chi connectivity index (χ4n) is 4.78. The van der Waals surface area contributed by atoms with Crippen molar-refractivity contribution in [1.29, 1.82) is 0 Å². The predicted molar refractivity (Wildman–Crippen MR) is 110 cm³/mol. The molecule has 29 heavy (non-hydrogen) atoms. The van der Waals surface area contributed by atoms with Crippen LogP contribution in [0.5, 0.6) is 5.75 Å². The smallest absolute Gasteiger partial charge is 0.241 e. The minimum absolute atomic E-state index is 0.0250. The number of amides is 1. The van der Waals surface area contributed by atoms with Gasteiger partial charge in [0.1, 0.15) is 11.3 Å². The lowest BCUT2D eigenvalue weighted by atomic mass is 9.65. The van der Waals surface area contributed by atoms with Gasteiger partial charge in [-0.1, -0.05) is 12.8 Å². The summed E-state index contributed by atoms with van der Waals surface area (Å²) in [7, 11) is -2.37. The Bertz CT molecular complexity index is 820. The summed E-state index contributed by atoms with van der Waals surface area (Å²) in [4.78, 5) is 13.1. The highest BCUT2D eigenvalue weighted by atomic mass is 32.2. The SMILES string of the molecule is COc1ccc(S(=O)(=O)NC(C)(C)C(=O)N[C@H]2C(CO)C[C@H]3CCCC2C3)cc1. The van der Waals surface area contributed by atoms with Crippen LogP contribution in [0.15, 0.2) is 29.2 Å². The van der Waals surface area contributed by atoms with Gasteiger partial charge in [0.2, 0.25) is 15.9 Å². The normalized spacial score (nSPS) is 27.3. The van der Waals surface area contributed by atoms with Crippen LogP contribution in [-0.4, -0.2) is 44.7 Å². The lowest BCUT2D eigenvalue weighted by Gasteiger charge is -2.45. The number of methoxy groups -OCH3 is 1. The zero-order valence-electron chi connectivity index (χ0n) is 17.3. The standard InChI is InChI=1S/C21H32N2O5S/c1-21(2,23-29(26,27)18-9-7-17(28-3)8-10-18)20(25)22-19-15-6-4-5-14(11-15)12-16(19)13-24/h7-10,14-16,19,23-24H,4-6,11-13H2,1-3H3,(H,22,25)/t14-,15?,16?,19+/m0/s1. The van der Waals surface area contributed by atoms with Crippen molar-refractivity contribution in [1.82, 2.24) is 10.0 Å². The van der Waals surface area contributed by atoms with Gasteiger partial charge in [-0.25, -0.2) is 8.42 Å². The molecule has 4 atom stereocenters. The highest BCUT2D eigenvalue weighted by Gasteiger charge is 2.42. The van der Waals surface area contributed by atoms with E-state index in [0.717, 1.165) is 25.7 Å². The molecule has 2 bridgehead atoms. The van der Waals surface area contributed by atoms with Crippen LogP contribution < -0.4 is 14.8 Å². The molecule has 0 heterocycles. The Labute approximate surface area is 173 Å². The molecule has 0 radical (unpaired) electrons. The number of benzene rings is 1. The Kier molecular flexibility index (Phi) is 6.55. The second-order valence-corrected chi connectivity index (χ2v) is 10.6. The van der Waals surface area contributed by atoms with Crippen LogP contribution in [0.3, 0.4) is 0 Å². The summed E-state index contributed by atoms with van der Waals surface area (Å²) in [5.74, 6) is 1.18. The van der Waals surface area contributed by atoms with Crippen molar-refractivity contribution in [2.45, 2.75) is 62.4 Å². The maximum Gasteiger partial charge on any atom is 0.241 e. The maximum absolute atomic E-state index is 13.0. The molecule has 2 aliphatic rings. The Balaban J connectivity index is 1.71. The number of carbonyl (C=O) groups is 1. The van der Waals surface area contributed by atoms with Crippen molar-refractivity contribution in [2.24, 2.45) is 17.8 Å². The van der Waals surface area contributed by atoms with Crippen molar-refractivity contribution in [2.75, 3.05) is 13.7 Å². The molecular formula is C21H32N2O5S. The van der Waals surface area contributed by atoms with Crippen molar-refractivity contribution >= 4 is 15.9 Å². The van der Waals surface area contributed by atoms with Gasteiger partial charge in [-0.2, -0.15) is 4.72 Å². The summed E-state index contributed by atoms with van der Waals surface area (Å²) in [5.41, 5.74) is -1.33. The van der Waals surface area contributed by atoms with Crippen LogP contribution in [-0.2, 0) is 14.8 Å².